The number of carbonyl (C=O) groups is 1. The van der Waals surface area contributed by atoms with Crippen molar-refractivity contribution >= 4 is 11.6 Å². The van der Waals surface area contributed by atoms with Crippen LogP contribution >= 0.6 is 0 Å². The van der Waals surface area contributed by atoms with E-state index in [0.717, 1.165) is 42.9 Å². The zero-order chi connectivity index (χ0) is 18.3. The van der Waals surface area contributed by atoms with E-state index in [9.17, 15) is 4.79 Å². The highest BCUT2D eigenvalue weighted by molar-refractivity contribution is 5.95. The first-order valence-electron chi connectivity index (χ1n) is 9.69. The smallest absolute Gasteiger partial charge is 0.254 e. The normalized spacial score (nSPS) is 17.0. The van der Waals surface area contributed by atoms with Crippen molar-refractivity contribution in [2.45, 2.75) is 52.1 Å². The average molecular weight is 352 g/mol. The van der Waals surface area contributed by atoms with Crippen LogP contribution in [0.2, 0.25) is 0 Å². The van der Waals surface area contributed by atoms with Crippen LogP contribution in [0.3, 0.4) is 0 Å². The molecule has 1 amide bonds. The molecule has 4 rings (SSSR count). The quantitative estimate of drug-likeness (QED) is 0.828. The maximum Gasteiger partial charge on any atom is 0.254 e. The Bertz CT molecular complexity index is 798. The lowest BCUT2D eigenvalue weighted by molar-refractivity contribution is 0.0729. The summed E-state index contributed by atoms with van der Waals surface area (Å²) in [5, 5.41) is 4.50. The summed E-state index contributed by atoms with van der Waals surface area (Å²) in [5.74, 6) is 0.142. The van der Waals surface area contributed by atoms with Crippen LogP contribution in [0.15, 0.2) is 24.3 Å². The highest BCUT2D eigenvalue weighted by atomic mass is 16.2. The van der Waals surface area contributed by atoms with Crippen LogP contribution in [0.5, 0.6) is 0 Å². The molecule has 0 atom stereocenters. The molecule has 0 bridgehead atoms. The number of nitrogens with zero attached hydrogens (tertiary/aromatic N) is 4. The topological polar surface area (TPSA) is 41.4 Å². The molecule has 2 fully saturated rings. The third kappa shape index (κ3) is 3.22. The molecule has 1 aromatic carbocycles. The van der Waals surface area contributed by atoms with Gasteiger partial charge in [-0.2, -0.15) is 5.10 Å². The summed E-state index contributed by atoms with van der Waals surface area (Å²) in [6, 6.07) is 8.57. The third-order valence-electron chi connectivity index (χ3n) is 5.82. The molecule has 0 spiro atoms. The monoisotopic (exact) mass is 352 g/mol. The summed E-state index contributed by atoms with van der Waals surface area (Å²) >= 11 is 0. The van der Waals surface area contributed by atoms with Gasteiger partial charge in [-0.1, -0.05) is 0 Å². The Hall–Kier alpha value is -2.30. The van der Waals surface area contributed by atoms with Gasteiger partial charge in [0.2, 0.25) is 0 Å². The van der Waals surface area contributed by atoms with Gasteiger partial charge < -0.3 is 9.80 Å². The summed E-state index contributed by atoms with van der Waals surface area (Å²) in [6.07, 6.45) is 4.74. The first kappa shape index (κ1) is 17.1. The van der Waals surface area contributed by atoms with Gasteiger partial charge in [-0.15, -0.1) is 0 Å². The summed E-state index contributed by atoms with van der Waals surface area (Å²) in [6.45, 7) is 7.02. The Kier molecular flexibility index (Phi) is 4.47. The number of rotatable bonds is 5. The van der Waals surface area contributed by atoms with Gasteiger partial charge in [-0.05, 0) is 63.8 Å². The third-order valence-corrected chi connectivity index (χ3v) is 5.82. The Labute approximate surface area is 155 Å². The fraction of sp³-hybridized carbons (Fsp3) is 0.524. The van der Waals surface area contributed by atoms with E-state index in [1.165, 1.54) is 24.1 Å². The lowest BCUT2D eigenvalue weighted by Gasteiger charge is -2.23. The zero-order valence-corrected chi connectivity index (χ0v) is 16.0. The number of benzene rings is 1. The zero-order valence-electron chi connectivity index (χ0n) is 16.0. The fourth-order valence-electron chi connectivity index (χ4n) is 3.93. The molecular weight excluding hydrogens is 324 g/mol. The highest BCUT2D eigenvalue weighted by Crippen LogP contribution is 2.31. The lowest BCUT2D eigenvalue weighted by Crippen LogP contribution is -2.33. The van der Waals surface area contributed by atoms with Crippen molar-refractivity contribution in [2.75, 3.05) is 18.0 Å². The highest BCUT2D eigenvalue weighted by Gasteiger charge is 2.34. The standard InChI is InChI=1S/C21H28N4O/c1-15-20(16(2)23(3)22-15)14-25(19-10-11-19)21(26)17-6-8-18(9-7-17)24-12-4-5-13-24/h6-9,19H,4-5,10-14H2,1-3H3. The van der Waals surface area contributed by atoms with Gasteiger partial charge in [0.05, 0.1) is 5.69 Å². The average Bonchev–Trinajstić information content (AvgIpc) is 3.27. The van der Waals surface area contributed by atoms with E-state index in [1.807, 2.05) is 35.7 Å². The fourth-order valence-corrected chi connectivity index (χ4v) is 3.93. The molecule has 5 nitrogen and oxygen atoms in total. The summed E-state index contributed by atoms with van der Waals surface area (Å²) in [7, 11) is 1.96. The predicted molar refractivity (Wildman–Crippen MR) is 103 cm³/mol. The summed E-state index contributed by atoms with van der Waals surface area (Å²) in [5.41, 5.74) is 5.37. The van der Waals surface area contributed by atoms with Crippen LogP contribution in [-0.4, -0.2) is 39.7 Å². The summed E-state index contributed by atoms with van der Waals surface area (Å²) in [4.78, 5) is 17.6. The predicted octanol–water partition coefficient (Wildman–Crippen LogP) is 3.44. The molecule has 2 aliphatic rings. The number of aryl methyl sites for hydroxylation is 2. The number of hydrogen-bond donors (Lipinski definition) is 0. The van der Waals surface area contributed by atoms with E-state index in [1.54, 1.807) is 0 Å². The molecular formula is C21H28N4O. The molecule has 26 heavy (non-hydrogen) atoms. The molecule has 0 radical (unpaired) electrons. The molecule has 1 saturated carbocycles. The van der Waals surface area contributed by atoms with Crippen molar-refractivity contribution in [1.29, 1.82) is 0 Å². The minimum Gasteiger partial charge on any atom is -0.372 e. The lowest BCUT2D eigenvalue weighted by atomic mass is 10.1. The molecule has 1 aromatic heterocycles. The van der Waals surface area contributed by atoms with Crippen molar-refractivity contribution in [3.8, 4) is 0 Å². The van der Waals surface area contributed by atoms with E-state index < -0.39 is 0 Å². The van der Waals surface area contributed by atoms with Crippen LogP contribution in [0, 0.1) is 13.8 Å². The minimum atomic E-state index is 0.142. The van der Waals surface area contributed by atoms with Gasteiger partial charge in [0.25, 0.3) is 5.91 Å². The Morgan fingerprint density at radius 3 is 2.35 bits per heavy atom. The van der Waals surface area contributed by atoms with Crippen molar-refractivity contribution in [2.24, 2.45) is 7.05 Å². The van der Waals surface area contributed by atoms with Gasteiger partial charge >= 0.3 is 0 Å². The first-order chi connectivity index (χ1) is 12.5. The number of aromatic nitrogens is 2. The van der Waals surface area contributed by atoms with Gasteiger partial charge in [-0.25, -0.2) is 0 Å². The SMILES string of the molecule is Cc1nn(C)c(C)c1CN(C(=O)c1ccc(N2CCCC2)cc1)C1CC1. The maximum atomic E-state index is 13.2. The van der Waals surface area contributed by atoms with Gasteiger partial charge in [0.15, 0.2) is 0 Å². The second-order valence-corrected chi connectivity index (χ2v) is 7.68. The van der Waals surface area contributed by atoms with Gasteiger partial charge in [0.1, 0.15) is 0 Å². The Morgan fingerprint density at radius 2 is 1.81 bits per heavy atom. The molecule has 5 heteroatoms. The van der Waals surface area contributed by atoms with Crippen LogP contribution < -0.4 is 4.90 Å². The molecule has 138 valence electrons. The van der Waals surface area contributed by atoms with Crippen LogP contribution in [0.4, 0.5) is 5.69 Å². The number of amides is 1. The van der Waals surface area contributed by atoms with E-state index >= 15 is 0 Å². The molecule has 2 aromatic rings. The van der Waals surface area contributed by atoms with Crippen LogP contribution in [0.1, 0.15) is 53.0 Å². The largest absolute Gasteiger partial charge is 0.372 e. The van der Waals surface area contributed by atoms with Gasteiger partial charge in [-0.3, -0.25) is 9.48 Å². The molecule has 1 saturated heterocycles. The molecule has 0 N–H and O–H groups in total. The molecule has 2 heterocycles. The van der Waals surface area contributed by atoms with E-state index in [2.05, 4.69) is 29.1 Å². The minimum absolute atomic E-state index is 0.142. The van der Waals surface area contributed by atoms with Crippen molar-refractivity contribution in [3.05, 3.63) is 46.8 Å². The van der Waals surface area contributed by atoms with Crippen molar-refractivity contribution in [1.82, 2.24) is 14.7 Å². The second-order valence-electron chi connectivity index (χ2n) is 7.68. The van der Waals surface area contributed by atoms with Crippen molar-refractivity contribution < 1.29 is 4.79 Å². The van der Waals surface area contributed by atoms with Crippen LogP contribution in [0.25, 0.3) is 0 Å². The Morgan fingerprint density at radius 1 is 1.15 bits per heavy atom. The van der Waals surface area contributed by atoms with Crippen molar-refractivity contribution in [3.63, 3.8) is 0 Å². The number of anilines is 1. The molecule has 0 unspecified atom stereocenters. The maximum absolute atomic E-state index is 13.2. The molecule has 1 aliphatic heterocycles. The van der Waals surface area contributed by atoms with E-state index in [0.29, 0.717) is 12.6 Å². The number of carbonyl (C=O) groups excluding carboxylic acids is 1. The van der Waals surface area contributed by atoms with Crippen LogP contribution in [-0.2, 0) is 13.6 Å². The van der Waals surface area contributed by atoms with E-state index in [-0.39, 0.29) is 5.91 Å². The summed E-state index contributed by atoms with van der Waals surface area (Å²) < 4.78 is 1.91. The first-order valence-corrected chi connectivity index (χ1v) is 9.69. The Balaban J connectivity index is 1.54. The molecule has 1 aliphatic carbocycles. The van der Waals surface area contributed by atoms with Gasteiger partial charge in [0, 0.05) is 55.2 Å². The number of hydrogen-bond acceptors (Lipinski definition) is 3. The van der Waals surface area contributed by atoms with E-state index in [4.69, 9.17) is 0 Å². The second kappa shape index (κ2) is 6.78.